The molecule has 4 aromatic rings. The van der Waals surface area contributed by atoms with Crippen molar-refractivity contribution in [1.82, 2.24) is 14.5 Å². The van der Waals surface area contributed by atoms with Crippen LogP contribution in [0.1, 0.15) is 24.9 Å². The van der Waals surface area contributed by atoms with Crippen LogP contribution in [0, 0.1) is 0 Å². The molecule has 30 heavy (non-hydrogen) atoms. The zero-order valence-corrected chi connectivity index (χ0v) is 16.4. The molecule has 6 nitrogen and oxygen atoms in total. The van der Waals surface area contributed by atoms with Crippen LogP contribution in [0.15, 0.2) is 53.7 Å². The van der Waals surface area contributed by atoms with Gasteiger partial charge in [-0.25, -0.2) is 9.97 Å². The molecule has 3 aromatic heterocycles. The van der Waals surface area contributed by atoms with E-state index in [-0.39, 0.29) is 12.1 Å². The minimum absolute atomic E-state index is 0.00132. The van der Waals surface area contributed by atoms with Gasteiger partial charge in [-0.3, -0.25) is 14.2 Å². The van der Waals surface area contributed by atoms with E-state index in [0.29, 0.717) is 15.0 Å². The van der Waals surface area contributed by atoms with Gasteiger partial charge in [0.15, 0.2) is 0 Å². The van der Waals surface area contributed by atoms with Crippen LogP contribution in [-0.4, -0.2) is 20.4 Å². The number of rotatable bonds is 4. The second-order valence-electron chi connectivity index (χ2n) is 6.58. The highest BCUT2D eigenvalue weighted by atomic mass is 32.1. The predicted molar refractivity (Wildman–Crippen MR) is 109 cm³/mol. The first-order valence-electron chi connectivity index (χ1n) is 9.02. The molecular weight excluding hydrogens is 417 g/mol. The maximum atomic E-state index is 13.0. The van der Waals surface area contributed by atoms with Crippen LogP contribution in [0.4, 0.5) is 18.9 Å². The number of fused-ring (bicyclic) bond motifs is 3. The third-order valence-corrected chi connectivity index (χ3v) is 5.75. The Morgan fingerprint density at radius 2 is 2.03 bits per heavy atom. The van der Waals surface area contributed by atoms with E-state index in [4.69, 9.17) is 0 Å². The number of carbonyl (C=O) groups excluding carboxylic acids is 1. The second-order valence-corrected chi connectivity index (χ2v) is 7.58. The van der Waals surface area contributed by atoms with Crippen molar-refractivity contribution >= 4 is 43.4 Å². The molecule has 0 unspecified atom stereocenters. The molecule has 10 heteroatoms. The van der Waals surface area contributed by atoms with Crippen molar-refractivity contribution in [2.24, 2.45) is 0 Å². The standard InChI is InChI=1S/C20H15F3N4O2S/c1-2-14(17(28)26-12-6-3-5-11(9-12)20(21,22)23)27-10-25-15-13-7-4-8-24-18(13)30-16(15)19(27)29/h3-10,14H,2H2,1H3,(H,26,28)/t14-/m0/s1. The number of pyridine rings is 1. The van der Waals surface area contributed by atoms with E-state index in [1.54, 1.807) is 19.2 Å². The molecule has 0 aliphatic heterocycles. The molecule has 0 spiro atoms. The van der Waals surface area contributed by atoms with E-state index < -0.39 is 29.2 Å². The Bertz CT molecular complexity index is 1310. The number of anilines is 1. The molecule has 1 amide bonds. The molecule has 1 N–H and O–H groups in total. The van der Waals surface area contributed by atoms with Crippen LogP contribution in [0.5, 0.6) is 0 Å². The third kappa shape index (κ3) is 3.54. The van der Waals surface area contributed by atoms with Gasteiger partial charge in [-0.05, 0) is 36.8 Å². The molecule has 0 saturated carbocycles. The minimum atomic E-state index is -4.52. The van der Waals surface area contributed by atoms with Gasteiger partial charge in [0, 0.05) is 17.3 Å². The Balaban J connectivity index is 1.69. The Morgan fingerprint density at radius 1 is 1.23 bits per heavy atom. The first kappa shape index (κ1) is 20.0. The van der Waals surface area contributed by atoms with Gasteiger partial charge in [0.05, 0.1) is 17.4 Å². The van der Waals surface area contributed by atoms with E-state index >= 15 is 0 Å². The number of halogens is 3. The lowest BCUT2D eigenvalue weighted by molar-refractivity contribution is -0.137. The number of nitrogens with one attached hydrogen (secondary N) is 1. The van der Waals surface area contributed by atoms with Crippen molar-refractivity contribution in [2.75, 3.05) is 5.32 Å². The highest BCUT2D eigenvalue weighted by Crippen LogP contribution is 2.31. The minimum Gasteiger partial charge on any atom is -0.324 e. The molecule has 3 heterocycles. The lowest BCUT2D eigenvalue weighted by Crippen LogP contribution is -2.33. The largest absolute Gasteiger partial charge is 0.416 e. The zero-order valence-electron chi connectivity index (χ0n) is 15.6. The van der Waals surface area contributed by atoms with Gasteiger partial charge >= 0.3 is 6.18 Å². The molecule has 0 bridgehead atoms. The first-order chi connectivity index (χ1) is 14.3. The fraction of sp³-hybridized carbons (Fsp3) is 0.200. The van der Waals surface area contributed by atoms with E-state index in [1.807, 2.05) is 6.07 Å². The number of aromatic nitrogens is 3. The Kier molecular flexibility index (Phi) is 5.02. The van der Waals surface area contributed by atoms with Crippen molar-refractivity contribution < 1.29 is 18.0 Å². The smallest absolute Gasteiger partial charge is 0.324 e. The van der Waals surface area contributed by atoms with Gasteiger partial charge < -0.3 is 5.32 Å². The third-order valence-electron chi connectivity index (χ3n) is 4.66. The topological polar surface area (TPSA) is 76.9 Å². The van der Waals surface area contributed by atoms with Gasteiger partial charge in [0.1, 0.15) is 15.6 Å². The highest BCUT2D eigenvalue weighted by molar-refractivity contribution is 7.25. The number of hydrogen-bond donors (Lipinski definition) is 1. The van der Waals surface area contributed by atoms with Gasteiger partial charge in [-0.15, -0.1) is 11.3 Å². The van der Waals surface area contributed by atoms with E-state index in [1.165, 1.54) is 34.4 Å². The summed E-state index contributed by atoms with van der Waals surface area (Å²) in [5.41, 5.74) is -0.751. The lowest BCUT2D eigenvalue weighted by atomic mass is 10.1. The fourth-order valence-electron chi connectivity index (χ4n) is 3.21. The number of hydrogen-bond acceptors (Lipinski definition) is 5. The fourth-order valence-corrected chi connectivity index (χ4v) is 4.25. The average molecular weight is 432 g/mol. The van der Waals surface area contributed by atoms with Crippen LogP contribution in [0.2, 0.25) is 0 Å². The van der Waals surface area contributed by atoms with E-state index in [0.717, 1.165) is 17.5 Å². The van der Waals surface area contributed by atoms with Crippen LogP contribution >= 0.6 is 11.3 Å². The summed E-state index contributed by atoms with van der Waals surface area (Å²) in [6, 6.07) is 6.99. The highest BCUT2D eigenvalue weighted by Gasteiger charge is 2.31. The summed E-state index contributed by atoms with van der Waals surface area (Å²) < 4.78 is 40.3. The van der Waals surface area contributed by atoms with E-state index in [2.05, 4.69) is 15.3 Å². The Morgan fingerprint density at radius 3 is 2.77 bits per heavy atom. The van der Waals surface area contributed by atoms with E-state index in [9.17, 15) is 22.8 Å². The molecule has 0 aliphatic carbocycles. The quantitative estimate of drug-likeness (QED) is 0.511. The van der Waals surface area contributed by atoms with Crippen molar-refractivity contribution in [1.29, 1.82) is 0 Å². The summed E-state index contributed by atoms with van der Waals surface area (Å²) in [7, 11) is 0. The maximum absolute atomic E-state index is 13.0. The molecular formula is C20H15F3N4O2S. The van der Waals surface area contributed by atoms with Crippen LogP contribution in [0.3, 0.4) is 0 Å². The van der Waals surface area contributed by atoms with Gasteiger partial charge in [-0.2, -0.15) is 13.2 Å². The average Bonchev–Trinajstić information content (AvgIpc) is 3.09. The van der Waals surface area contributed by atoms with Crippen LogP contribution < -0.4 is 10.9 Å². The van der Waals surface area contributed by atoms with Crippen LogP contribution in [-0.2, 0) is 11.0 Å². The molecule has 1 aromatic carbocycles. The first-order valence-corrected chi connectivity index (χ1v) is 9.83. The predicted octanol–water partition coefficient (Wildman–Crippen LogP) is 4.61. The summed E-state index contributed by atoms with van der Waals surface area (Å²) in [4.78, 5) is 35.0. The zero-order chi connectivity index (χ0) is 21.5. The molecule has 1 atom stereocenters. The van der Waals surface area contributed by atoms with Crippen LogP contribution in [0.25, 0.3) is 20.4 Å². The number of carbonyl (C=O) groups is 1. The molecule has 0 fully saturated rings. The summed E-state index contributed by atoms with van der Waals surface area (Å²) in [5, 5.41) is 3.22. The second kappa shape index (κ2) is 7.52. The van der Waals surface area contributed by atoms with Gasteiger partial charge in [0.25, 0.3) is 5.56 Å². The lowest BCUT2D eigenvalue weighted by Gasteiger charge is -2.18. The number of alkyl halides is 3. The number of amides is 1. The summed E-state index contributed by atoms with van der Waals surface area (Å²) in [6.07, 6.45) is -1.36. The van der Waals surface area contributed by atoms with Crippen molar-refractivity contribution in [3.8, 4) is 0 Å². The van der Waals surface area contributed by atoms with Crippen molar-refractivity contribution in [3.63, 3.8) is 0 Å². The SMILES string of the molecule is CC[C@@H](C(=O)Nc1cccc(C(F)(F)F)c1)n1cnc2c(sc3ncccc32)c1=O. The molecule has 154 valence electrons. The normalized spacial score (nSPS) is 12.9. The molecule has 0 radical (unpaired) electrons. The number of thiophene rings is 1. The maximum Gasteiger partial charge on any atom is 0.416 e. The van der Waals surface area contributed by atoms with Gasteiger partial charge in [-0.1, -0.05) is 13.0 Å². The molecule has 0 saturated heterocycles. The summed E-state index contributed by atoms with van der Waals surface area (Å²) in [5.74, 6) is -0.598. The number of benzene rings is 1. The molecule has 0 aliphatic rings. The Labute approximate surface area is 172 Å². The van der Waals surface area contributed by atoms with Gasteiger partial charge in [0.2, 0.25) is 5.91 Å². The van der Waals surface area contributed by atoms with Crippen molar-refractivity contribution in [2.45, 2.75) is 25.6 Å². The monoisotopic (exact) mass is 432 g/mol. The number of nitrogens with zero attached hydrogens (tertiary/aromatic N) is 3. The summed E-state index contributed by atoms with van der Waals surface area (Å²) >= 11 is 1.19. The molecule has 4 rings (SSSR count). The Hall–Kier alpha value is -3.27. The van der Waals surface area contributed by atoms with Crippen molar-refractivity contribution in [3.05, 3.63) is 64.8 Å². The summed E-state index contributed by atoms with van der Waals surface area (Å²) in [6.45, 7) is 1.71.